The molecule has 0 aromatic rings. The van der Waals surface area contributed by atoms with Gasteiger partial charge in [0.05, 0.1) is 0 Å². The zero-order valence-electron chi connectivity index (χ0n) is 13.0. The third-order valence-corrected chi connectivity index (χ3v) is 5.12. The standard InChI is InChI=1S/C17H29.2ClH.Zr/c1-2-3-4-5-6-7-8-9-10-11-14-17-15-12-13-16-17;;;/h12,15H,2-11,13-14H2,1H3;2*1H;. The summed E-state index contributed by atoms with van der Waals surface area (Å²) in [6.45, 7) is 2.29. The van der Waals surface area contributed by atoms with Crippen LogP contribution < -0.4 is 0 Å². The molecule has 1 aliphatic rings. The van der Waals surface area contributed by atoms with E-state index in [9.17, 15) is 0 Å². The summed E-state index contributed by atoms with van der Waals surface area (Å²) >= 11 is 1.63. The van der Waals surface area contributed by atoms with E-state index in [4.69, 9.17) is 0 Å². The zero-order chi connectivity index (χ0) is 13.1. The average Bonchev–Trinajstić information content (AvgIpc) is 2.77. The van der Waals surface area contributed by atoms with Crippen LogP contribution in [0.1, 0.15) is 84.0 Å². The molecule has 0 N–H and O–H groups in total. The van der Waals surface area contributed by atoms with Gasteiger partial charge in [0.15, 0.2) is 0 Å². The Balaban J connectivity index is 0. The zero-order valence-corrected chi connectivity index (χ0v) is 17.0. The van der Waals surface area contributed by atoms with Crippen molar-refractivity contribution in [1.29, 1.82) is 0 Å². The molecule has 0 atom stereocenters. The van der Waals surface area contributed by atoms with Crippen LogP contribution in [0, 0.1) is 0 Å². The van der Waals surface area contributed by atoms with E-state index in [-0.39, 0.29) is 24.8 Å². The summed E-state index contributed by atoms with van der Waals surface area (Å²) in [5.41, 5.74) is 1.66. The molecule has 0 bridgehead atoms. The van der Waals surface area contributed by atoms with Crippen molar-refractivity contribution in [3.05, 3.63) is 21.0 Å². The van der Waals surface area contributed by atoms with E-state index in [0.29, 0.717) is 0 Å². The van der Waals surface area contributed by atoms with E-state index in [2.05, 4.69) is 19.1 Å². The molecular formula is C17H31Cl2Zr. The van der Waals surface area contributed by atoms with E-state index in [0.717, 1.165) is 0 Å². The Bertz CT molecular complexity index is 272. The second-order valence-corrected chi connectivity index (χ2v) is 7.03. The van der Waals surface area contributed by atoms with Crippen molar-refractivity contribution in [3.63, 3.8) is 0 Å². The third kappa shape index (κ3) is 11.6. The van der Waals surface area contributed by atoms with Gasteiger partial charge in [-0.05, 0) is 0 Å². The smallest absolute Gasteiger partial charge is 0.147 e. The van der Waals surface area contributed by atoms with Gasteiger partial charge in [-0.25, -0.2) is 0 Å². The van der Waals surface area contributed by atoms with Crippen LogP contribution in [0.4, 0.5) is 0 Å². The van der Waals surface area contributed by atoms with Crippen LogP contribution in [0.3, 0.4) is 0 Å². The molecule has 0 spiro atoms. The van der Waals surface area contributed by atoms with Crippen LogP contribution >= 0.6 is 24.8 Å². The van der Waals surface area contributed by atoms with Crippen LogP contribution in [-0.4, -0.2) is 0 Å². The van der Waals surface area contributed by atoms with Crippen molar-refractivity contribution >= 4 is 24.8 Å². The molecule has 0 saturated carbocycles. The summed E-state index contributed by atoms with van der Waals surface area (Å²) in [6.07, 6.45) is 21.7. The van der Waals surface area contributed by atoms with E-state index in [1.165, 1.54) is 77.0 Å². The van der Waals surface area contributed by atoms with Gasteiger partial charge in [0.2, 0.25) is 0 Å². The quantitative estimate of drug-likeness (QED) is 0.333. The van der Waals surface area contributed by atoms with Crippen molar-refractivity contribution in [2.45, 2.75) is 84.0 Å². The fourth-order valence-electron chi connectivity index (χ4n) is 2.59. The fourth-order valence-corrected chi connectivity index (χ4v) is 3.39. The first-order valence-corrected chi connectivity index (χ1v) is 9.17. The van der Waals surface area contributed by atoms with E-state index in [1.54, 1.807) is 33.6 Å². The first kappa shape index (κ1) is 23.2. The molecule has 0 aromatic carbocycles. The summed E-state index contributed by atoms with van der Waals surface area (Å²) in [5.74, 6) is 0. The molecule has 0 unspecified atom stereocenters. The van der Waals surface area contributed by atoms with Gasteiger partial charge in [-0.2, -0.15) is 0 Å². The molecule has 1 rings (SSSR count). The largest absolute Gasteiger partial charge is 0.147 e. The molecule has 0 heterocycles. The van der Waals surface area contributed by atoms with Crippen molar-refractivity contribution in [1.82, 2.24) is 0 Å². The fraction of sp³-hybridized carbons (Fsp3) is 0.765. The van der Waals surface area contributed by atoms with Crippen molar-refractivity contribution < 1.29 is 24.7 Å². The average molecular weight is 398 g/mol. The number of hydrogen-bond donors (Lipinski definition) is 0. The summed E-state index contributed by atoms with van der Waals surface area (Å²) in [4.78, 5) is 0. The normalized spacial score (nSPS) is 13.2. The van der Waals surface area contributed by atoms with Crippen molar-refractivity contribution in [2.24, 2.45) is 0 Å². The van der Waals surface area contributed by atoms with Crippen LogP contribution in [0.5, 0.6) is 0 Å². The summed E-state index contributed by atoms with van der Waals surface area (Å²) in [7, 11) is 0. The van der Waals surface area contributed by atoms with Gasteiger partial charge in [-0.1, -0.05) is 13.3 Å². The minimum atomic E-state index is 0. The Morgan fingerprint density at radius 2 is 1.35 bits per heavy atom. The van der Waals surface area contributed by atoms with Gasteiger partial charge in [-0.3, -0.25) is 0 Å². The molecule has 0 fully saturated rings. The molecule has 0 aromatic heterocycles. The molecule has 0 aliphatic heterocycles. The molecule has 20 heavy (non-hydrogen) atoms. The van der Waals surface area contributed by atoms with E-state index in [1.807, 2.05) is 0 Å². The molecule has 0 amide bonds. The van der Waals surface area contributed by atoms with Crippen molar-refractivity contribution in [2.75, 3.05) is 0 Å². The second-order valence-electron chi connectivity index (χ2n) is 5.54. The Hall–Kier alpha value is 0.943. The van der Waals surface area contributed by atoms with E-state index >= 15 is 0 Å². The van der Waals surface area contributed by atoms with Crippen LogP contribution in [-0.2, 0) is 24.7 Å². The van der Waals surface area contributed by atoms with Crippen LogP contribution in [0.15, 0.2) is 21.0 Å². The summed E-state index contributed by atoms with van der Waals surface area (Å²) in [5, 5.41) is 0. The molecule has 0 saturated heterocycles. The minimum Gasteiger partial charge on any atom is -0.147 e. The Morgan fingerprint density at radius 3 is 1.80 bits per heavy atom. The maximum absolute atomic E-state index is 2.36. The second kappa shape index (κ2) is 16.3. The van der Waals surface area contributed by atoms with E-state index < -0.39 is 0 Å². The first-order valence-electron chi connectivity index (χ1n) is 7.94. The molecular weight excluding hydrogens is 366 g/mol. The molecule has 117 valence electrons. The molecule has 0 radical (unpaired) electrons. The molecule has 1 aliphatic carbocycles. The van der Waals surface area contributed by atoms with Crippen molar-refractivity contribution in [3.8, 4) is 0 Å². The predicted octanol–water partition coefficient (Wildman–Crippen LogP) is 6.90. The maximum atomic E-state index is 2.36. The monoisotopic (exact) mass is 395 g/mol. The SMILES string of the molecule is CCCCCCCCCCCCC1=[C]([Zr])CC=C1.Cl.Cl. The van der Waals surface area contributed by atoms with Gasteiger partial charge in [0.1, 0.15) is 0 Å². The number of rotatable bonds is 11. The number of allylic oxidation sites excluding steroid dienone is 4. The third-order valence-electron chi connectivity index (χ3n) is 3.83. The molecule has 0 nitrogen and oxygen atoms in total. The van der Waals surface area contributed by atoms with Gasteiger partial charge in [0.25, 0.3) is 0 Å². The predicted molar refractivity (Wildman–Crippen MR) is 91.7 cm³/mol. The van der Waals surface area contributed by atoms with Crippen LogP contribution in [0.25, 0.3) is 0 Å². The number of hydrogen-bond acceptors (Lipinski definition) is 0. The topological polar surface area (TPSA) is 0 Å². The van der Waals surface area contributed by atoms with Gasteiger partial charge in [-0.15, -0.1) is 24.8 Å². The van der Waals surface area contributed by atoms with Gasteiger partial charge < -0.3 is 0 Å². The number of halogens is 2. The van der Waals surface area contributed by atoms with Gasteiger partial charge in [0, 0.05) is 0 Å². The van der Waals surface area contributed by atoms with Crippen LogP contribution in [0.2, 0.25) is 0 Å². The minimum absolute atomic E-state index is 0. The first-order chi connectivity index (χ1) is 8.84. The molecule has 3 heteroatoms. The number of unbranched alkanes of at least 4 members (excludes halogenated alkanes) is 9. The Kier molecular flexibility index (Phi) is 18.9. The Morgan fingerprint density at radius 1 is 0.850 bits per heavy atom. The summed E-state index contributed by atoms with van der Waals surface area (Å²) in [6, 6.07) is 0. The van der Waals surface area contributed by atoms with Gasteiger partial charge >= 0.3 is 116 Å². The Labute approximate surface area is 153 Å². The maximum Gasteiger partial charge on any atom is -0.147 e. The summed E-state index contributed by atoms with van der Waals surface area (Å²) < 4.78 is 1.69.